The fourth-order valence-corrected chi connectivity index (χ4v) is 4.15. The Hall–Kier alpha value is -5.49. The highest BCUT2D eigenvalue weighted by molar-refractivity contribution is 6.19. The zero-order valence-electron chi connectivity index (χ0n) is 19.3. The zero-order chi connectivity index (χ0) is 25.2. The summed E-state index contributed by atoms with van der Waals surface area (Å²) in [6.45, 7) is 0. The number of furan rings is 1. The van der Waals surface area contributed by atoms with Gasteiger partial charge in [0, 0.05) is 22.3 Å². The number of nitriles is 1. The number of hydrogen-bond acceptors (Lipinski definition) is 8. The molecule has 1 amide bonds. The van der Waals surface area contributed by atoms with Crippen LogP contribution in [-0.4, -0.2) is 28.0 Å². The summed E-state index contributed by atoms with van der Waals surface area (Å²) in [5.41, 5.74) is 5.55. The minimum absolute atomic E-state index is 0.0276. The van der Waals surface area contributed by atoms with Crippen molar-refractivity contribution in [3.63, 3.8) is 0 Å². The highest BCUT2D eigenvalue weighted by Crippen LogP contribution is 2.33. The predicted molar refractivity (Wildman–Crippen MR) is 137 cm³/mol. The number of nitrogens with zero attached hydrogens (tertiary/aromatic N) is 4. The first-order valence-corrected chi connectivity index (χ1v) is 11.4. The number of aliphatic imine (C=N–C) groups is 1. The molecular weight excluding hydrogens is 468 g/mol. The second kappa shape index (κ2) is 9.28. The van der Waals surface area contributed by atoms with E-state index in [9.17, 15) is 10.1 Å². The number of benzodiazepines with no additional fused rings is 1. The third kappa shape index (κ3) is 4.24. The molecule has 3 aromatic carbocycles. The SMILES string of the molecule is N#Cc1ccc(-c2nnc(N[C@H]3N=C(c4ccccc4)c4ccccc4NC3=O)o2)c(-c2ccoc2)c1. The highest BCUT2D eigenvalue weighted by Gasteiger charge is 2.27. The number of carbonyl (C=O) groups is 1. The van der Waals surface area contributed by atoms with Crippen LogP contribution in [0.4, 0.5) is 11.7 Å². The Morgan fingerprint density at radius 2 is 1.73 bits per heavy atom. The lowest BCUT2D eigenvalue weighted by Gasteiger charge is -2.11. The molecule has 3 heterocycles. The molecule has 0 saturated heterocycles. The number of aromatic nitrogens is 2. The van der Waals surface area contributed by atoms with Gasteiger partial charge in [-0.05, 0) is 35.9 Å². The molecule has 0 aliphatic carbocycles. The number of hydrogen-bond donors (Lipinski definition) is 2. The summed E-state index contributed by atoms with van der Waals surface area (Å²) in [6.07, 6.45) is 2.09. The minimum Gasteiger partial charge on any atom is -0.472 e. The average Bonchev–Trinajstić information content (AvgIpc) is 3.62. The maximum Gasteiger partial charge on any atom is 0.317 e. The lowest BCUT2D eigenvalue weighted by atomic mass is 9.99. The maximum atomic E-state index is 13.1. The number of amides is 1. The van der Waals surface area contributed by atoms with Crippen LogP contribution in [0.15, 0.2) is 105 Å². The van der Waals surface area contributed by atoms with Gasteiger partial charge in [0.2, 0.25) is 12.1 Å². The summed E-state index contributed by atoms with van der Waals surface area (Å²) >= 11 is 0. The molecule has 5 aromatic rings. The van der Waals surface area contributed by atoms with Crippen LogP contribution in [0.1, 0.15) is 16.7 Å². The second-order valence-corrected chi connectivity index (χ2v) is 8.22. The number of para-hydroxylation sites is 1. The third-order valence-electron chi connectivity index (χ3n) is 5.89. The summed E-state index contributed by atoms with van der Waals surface area (Å²) < 4.78 is 11.1. The van der Waals surface area contributed by atoms with Gasteiger partial charge in [-0.1, -0.05) is 53.6 Å². The fraction of sp³-hybridized carbons (Fsp3) is 0.0357. The smallest absolute Gasteiger partial charge is 0.317 e. The Morgan fingerprint density at radius 1 is 0.892 bits per heavy atom. The van der Waals surface area contributed by atoms with E-state index in [1.54, 1.807) is 36.8 Å². The first-order chi connectivity index (χ1) is 18.2. The van der Waals surface area contributed by atoms with Crippen LogP contribution in [0.5, 0.6) is 0 Å². The standard InChI is InChI=1S/C28H18N6O3/c29-15-17-10-11-20(22(14-17)19-12-13-36-16-19)27-33-34-28(37-27)32-25-26(35)30-23-9-5-4-8-21(23)24(31-25)18-6-2-1-3-7-18/h1-14,16,25H,(H,30,35)(H,32,34)/t25-/m1/s1. The van der Waals surface area contributed by atoms with Crippen molar-refractivity contribution >= 4 is 23.3 Å². The molecule has 178 valence electrons. The number of benzene rings is 3. The van der Waals surface area contributed by atoms with Crippen molar-refractivity contribution in [2.45, 2.75) is 6.17 Å². The number of nitrogens with one attached hydrogen (secondary N) is 2. The largest absolute Gasteiger partial charge is 0.472 e. The summed E-state index contributed by atoms with van der Waals surface area (Å²) in [6, 6.07) is 26.2. The average molecular weight is 486 g/mol. The van der Waals surface area contributed by atoms with Gasteiger partial charge in [-0.3, -0.25) is 4.79 Å². The van der Waals surface area contributed by atoms with Crippen molar-refractivity contribution in [1.29, 1.82) is 5.26 Å². The van der Waals surface area contributed by atoms with Crippen LogP contribution < -0.4 is 10.6 Å². The Kier molecular flexibility index (Phi) is 5.52. The van der Waals surface area contributed by atoms with Gasteiger partial charge in [0.05, 0.1) is 35.6 Å². The van der Waals surface area contributed by atoms with E-state index in [0.717, 1.165) is 16.7 Å². The highest BCUT2D eigenvalue weighted by atomic mass is 16.4. The molecule has 9 heteroatoms. The Morgan fingerprint density at radius 3 is 2.54 bits per heavy atom. The third-order valence-corrected chi connectivity index (χ3v) is 5.89. The van der Waals surface area contributed by atoms with Gasteiger partial charge in [-0.2, -0.15) is 5.26 Å². The van der Waals surface area contributed by atoms with E-state index < -0.39 is 6.17 Å². The molecule has 37 heavy (non-hydrogen) atoms. The number of rotatable bonds is 5. The van der Waals surface area contributed by atoms with E-state index in [4.69, 9.17) is 13.8 Å². The Bertz CT molecular complexity index is 1670. The van der Waals surface area contributed by atoms with Crippen molar-refractivity contribution in [2.24, 2.45) is 4.99 Å². The van der Waals surface area contributed by atoms with Crippen molar-refractivity contribution in [3.8, 4) is 28.7 Å². The number of anilines is 2. The van der Waals surface area contributed by atoms with E-state index in [1.807, 2.05) is 54.6 Å². The zero-order valence-corrected chi connectivity index (χ0v) is 19.3. The van der Waals surface area contributed by atoms with Crippen LogP contribution >= 0.6 is 0 Å². The van der Waals surface area contributed by atoms with E-state index in [1.165, 1.54) is 0 Å². The monoisotopic (exact) mass is 486 g/mol. The van der Waals surface area contributed by atoms with Gasteiger partial charge >= 0.3 is 6.01 Å². The lowest BCUT2D eigenvalue weighted by Crippen LogP contribution is -2.32. The van der Waals surface area contributed by atoms with E-state index >= 15 is 0 Å². The molecule has 0 radical (unpaired) electrons. The molecule has 1 aliphatic rings. The number of carbonyl (C=O) groups excluding carboxylic acids is 1. The summed E-state index contributed by atoms with van der Waals surface area (Å²) in [4.78, 5) is 17.8. The summed E-state index contributed by atoms with van der Waals surface area (Å²) in [7, 11) is 0. The van der Waals surface area contributed by atoms with Gasteiger partial charge < -0.3 is 19.5 Å². The molecule has 0 saturated carbocycles. The quantitative estimate of drug-likeness (QED) is 0.354. The van der Waals surface area contributed by atoms with Crippen LogP contribution in [-0.2, 0) is 4.79 Å². The van der Waals surface area contributed by atoms with Gasteiger partial charge in [0.1, 0.15) is 0 Å². The molecular formula is C28H18N6O3. The topological polar surface area (TPSA) is 129 Å². The molecule has 2 aromatic heterocycles. The van der Waals surface area contributed by atoms with Crippen molar-refractivity contribution in [1.82, 2.24) is 10.2 Å². The molecule has 0 spiro atoms. The summed E-state index contributed by atoms with van der Waals surface area (Å²) in [5.74, 6) is -0.150. The van der Waals surface area contributed by atoms with Crippen molar-refractivity contribution in [3.05, 3.63) is 108 Å². The van der Waals surface area contributed by atoms with Gasteiger partial charge in [0.15, 0.2) is 0 Å². The predicted octanol–water partition coefficient (Wildman–Crippen LogP) is 5.10. The van der Waals surface area contributed by atoms with E-state index in [2.05, 4.69) is 26.9 Å². The first-order valence-electron chi connectivity index (χ1n) is 11.4. The molecule has 1 aliphatic heterocycles. The molecule has 0 unspecified atom stereocenters. The summed E-state index contributed by atoms with van der Waals surface area (Å²) in [5, 5.41) is 23.5. The molecule has 1 atom stereocenters. The maximum absolute atomic E-state index is 13.1. The van der Waals surface area contributed by atoms with Gasteiger partial charge in [0.25, 0.3) is 5.91 Å². The molecule has 0 bridgehead atoms. The van der Waals surface area contributed by atoms with Crippen molar-refractivity contribution < 1.29 is 13.6 Å². The number of fused-ring (bicyclic) bond motifs is 1. The molecule has 2 N–H and O–H groups in total. The van der Waals surface area contributed by atoms with Crippen LogP contribution in [0, 0.1) is 11.3 Å². The van der Waals surface area contributed by atoms with Gasteiger partial charge in [-0.25, -0.2) is 4.99 Å². The molecule has 9 nitrogen and oxygen atoms in total. The van der Waals surface area contributed by atoms with Gasteiger partial charge in [-0.15, -0.1) is 5.10 Å². The Balaban J connectivity index is 1.36. The second-order valence-electron chi connectivity index (χ2n) is 8.22. The molecule has 0 fully saturated rings. The van der Waals surface area contributed by atoms with E-state index in [0.29, 0.717) is 28.1 Å². The normalized spacial score (nSPS) is 14.6. The first kappa shape index (κ1) is 22.0. The minimum atomic E-state index is -1.02. The van der Waals surface area contributed by atoms with Crippen molar-refractivity contribution in [2.75, 3.05) is 10.6 Å². The van der Waals surface area contributed by atoms with E-state index in [-0.39, 0.29) is 17.8 Å². The molecule has 6 rings (SSSR count). The van der Waals surface area contributed by atoms with Crippen LogP contribution in [0.25, 0.3) is 22.6 Å². The fourth-order valence-electron chi connectivity index (χ4n) is 4.15. The van der Waals surface area contributed by atoms with Crippen LogP contribution in [0.3, 0.4) is 0 Å². The van der Waals surface area contributed by atoms with Crippen LogP contribution in [0.2, 0.25) is 0 Å². The Labute approximate surface area is 211 Å². The lowest BCUT2D eigenvalue weighted by molar-refractivity contribution is -0.116.